The van der Waals surface area contributed by atoms with Gasteiger partial charge in [0.25, 0.3) is 5.91 Å². The number of hydrogen-bond acceptors (Lipinski definition) is 6. The third-order valence-electron chi connectivity index (χ3n) is 5.24. The van der Waals surface area contributed by atoms with Crippen molar-refractivity contribution in [1.82, 2.24) is 34.3 Å². The molecule has 0 saturated heterocycles. The summed E-state index contributed by atoms with van der Waals surface area (Å²) in [6.07, 6.45) is 4.13. The number of carbonyl (C=O) groups is 1. The summed E-state index contributed by atoms with van der Waals surface area (Å²) >= 11 is 0. The first-order valence-electron chi connectivity index (χ1n) is 10.3. The summed E-state index contributed by atoms with van der Waals surface area (Å²) in [4.78, 5) is 23.0. The number of aryl methyl sites for hydroxylation is 1. The molecule has 4 aromatic heterocycles. The van der Waals surface area contributed by atoms with Gasteiger partial charge < -0.3 is 5.32 Å². The number of carbonyl (C=O) groups excluding carboxylic acids is 1. The fourth-order valence-electron chi connectivity index (χ4n) is 3.59. The van der Waals surface area contributed by atoms with Crippen LogP contribution in [0.5, 0.6) is 0 Å². The first-order chi connectivity index (χ1) is 16.7. The highest BCUT2D eigenvalue weighted by Gasteiger charge is 2.34. The maximum absolute atomic E-state index is 13.4. The molecule has 178 valence electrons. The maximum atomic E-state index is 13.4. The predicted octanol–water partition coefficient (Wildman–Crippen LogP) is 4.22. The van der Waals surface area contributed by atoms with Crippen LogP contribution in [-0.4, -0.2) is 40.3 Å². The van der Waals surface area contributed by atoms with Crippen LogP contribution in [-0.2, 0) is 13.2 Å². The van der Waals surface area contributed by atoms with Crippen LogP contribution < -0.4 is 5.32 Å². The van der Waals surface area contributed by atoms with E-state index >= 15 is 0 Å². The van der Waals surface area contributed by atoms with Crippen LogP contribution in [0.25, 0.3) is 22.5 Å². The fraction of sp³-hybridized carbons (Fsp3) is 0.182. The number of aromatic nitrogens is 7. The Bertz CT molecular complexity index is 1500. The Balaban J connectivity index is 1.40. The Kier molecular flexibility index (Phi) is 5.38. The second-order valence-corrected chi connectivity index (χ2v) is 7.77. The molecule has 0 fully saturated rings. The van der Waals surface area contributed by atoms with Crippen molar-refractivity contribution in [3.05, 3.63) is 72.0 Å². The highest BCUT2D eigenvalue weighted by molar-refractivity contribution is 6.03. The number of halogens is 4. The number of anilines is 1. The summed E-state index contributed by atoms with van der Waals surface area (Å²) in [5, 5.41) is 11.6. The van der Waals surface area contributed by atoms with Gasteiger partial charge in [0, 0.05) is 37.6 Å². The summed E-state index contributed by atoms with van der Waals surface area (Å²) in [7, 11) is 1.78. The number of rotatable bonds is 4. The fourth-order valence-corrected chi connectivity index (χ4v) is 3.59. The molecule has 5 rings (SSSR count). The molecule has 0 radical (unpaired) electrons. The molecular formula is C22H16F4N8O. The summed E-state index contributed by atoms with van der Waals surface area (Å²) in [6.45, 7) is 0. The molecule has 1 N–H and O–H groups in total. The smallest absolute Gasteiger partial charge is 0.305 e. The minimum atomic E-state index is -4.70. The predicted molar refractivity (Wildman–Crippen MR) is 117 cm³/mol. The van der Waals surface area contributed by atoms with Crippen LogP contribution >= 0.6 is 0 Å². The van der Waals surface area contributed by atoms with E-state index in [2.05, 4.69) is 30.5 Å². The van der Waals surface area contributed by atoms with Gasteiger partial charge in [-0.25, -0.2) is 23.9 Å². The number of imidazole rings is 1. The quantitative estimate of drug-likeness (QED) is 0.435. The zero-order valence-electron chi connectivity index (χ0n) is 18.1. The molecule has 0 bridgehead atoms. The Hall–Kier alpha value is -4.42. The molecule has 1 amide bonds. The van der Waals surface area contributed by atoms with Gasteiger partial charge in [-0.05, 0) is 30.2 Å². The lowest BCUT2D eigenvalue weighted by atomic mass is 9.98. The normalized spacial score (nSPS) is 14.1. The van der Waals surface area contributed by atoms with Gasteiger partial charge in [-0.15, -0.1) is 0 Å². The van der Waals surface area contributed by atoms with E-state index in [0.29, 0.717) is 29.9 Å². The van der Waals surface area contributed by atoms with Crippen LogP contribution in [0.3, 0.4) is 0 Å². The molecule has 4 aromatic rings. The lowest BCUT2D eigenvalue weighted by Gasteiger charge is -2.10. The number of nitrogens with one attached hydrogen (secondary N) is 1. The summed E-state index contributed by atoms with van der Waals surface area (Å²) in [5.74, 6) is -2.09. The monoisotopic (exact) mass is 484 g/mol. The highest BCUT2D eigenvalue weighted by Crippen LogP contribution is 2.33. The summed E-state index contributed by atoms with van der Waals surface area (Å²) in [5.41, 5.74) is 3.19. The standard InChI is InChI=1S/C22H16F4N8O/c1-33-10-15(19(32-33)12-2-4-14(23)5-3-12)16-6-7-18-29-17(11-34(18)31-16)30-20(35)13-8-27-21(28-9-13)22(24,25)26/h2,4,6-11H,3,5H2,1H3,(H,30,35). The molecule has 0 aliphatic heterocycles. The maximum Gasteiger partial charge on any atom is 0.451 e. The molecule has 0 spiro atoms. The zero-order chi connectivity index (χ0) is 24.7. The first kappa shape index (κ1) is 22.4. The van der Waals surface area contributed by atoms with E-state index in [4.69, 9.17) is 0 Å². The molecule has 1 aliphatic carbocycles. The molecule has 0 aromatic carbocycles. The number of fused-ring (bicyclic) bond motifs is 1. The van der Waals surface area contributed by atoms with Gasteiger partial charge in [-0.3, -0.25) is 9.48 Å². The van der Waals surface area contributed by atoms with Crippen molar-refractivity contribution in [2.45, 2.75) is 19.0 Å². The van der Waals surface area contributed by atoms with Crippen LogP contribution in [0.2, 0.25) is 0 Å². The minimum Gasteiger partial charge on any atom is -0.305 e. The molecule has 4 heterocycles. The Morgan fingerprint density at radius 1 is 1.06 bits per heavy atom. The molecular weight excluding hydrogens is 468 g/mol. The van der Waals surface area contributed by atoms with Gasteiger partial charge >= 0.3 is 6.18 Å². The van der Waals surface area contributed by atoms with E-state index in [1.54, 1.807) is 29.9 Å². The number of amides is 1. The van der Waals surface area contributed by atoms with Crippen molar-refractivity contribution in [2.75, 3.05) is 5.32 Å². The van der Waals surface area contributed by atoms with Crippen molar-refractivity contribution in [3.8, 4) is 11.3 Å². The van der Waals surface area contributed by atoms with Gasteiger partial charge in [-0.2, -0.15) is 23.4 Å². The Morgan fingerprint density at radius 2 is 1.83 bits per heavy atom. The first-order valence-corrected chi connectivity index (χ1v) is 10.3. The molecule has 0 unspecified atom stereocenters. The zero-order valence-corrected chi connectivity index (χ0v) is 18.1. The van der Waals surface area contributed by atoms with E-state index in [1.165, 1.54) is 16.8 Å². The summed E-state index contributed by atoms with van der Waals surface area (Å²) in [6, 6.07) is 3.45. The number of alkyl halides is 3. The Morgan fingerprint density at radius 3 is 2.51 bits per heavy atom. The van der Waals surface area contributed by atoms with E-state index in [0.717, 1.165) is 23.5 Å². The molecule has 1 aliphatic rings. The Labute approximate surface area is 194 Å². The van der Waals surface area contributed by atoms with Crippen LogP contribution in [0.15, 0.2) is 54.9 Å². The van der Waals surface area contributed by atoms with Crippen molar-refractivity contribution in [1.29, 1.82) is 0 Å². The van der Waals surface area contributed by atoms with Crippen molar-refractivity contribution >= 4 is 22.9 Å². The second kappa shape index (κ2) is 8.42. The molecule has 35 heavy (non-hydrogen) atoms. The molecule has 0 saturated carbocycles. The number of hydrogen-bond donors (Lipinski definition) is 1. The molecule has 13 heteroatoms. The topological polar surface area (TPSA) is 103 Å². The van der Waals surface area contributed by atoms with E-state index < -0.39 is 17.9 Å². The van der Waals surface area contributed by atoms with E-state index in [1.807, 2.05) is 6.20 Å². The van der Waals surface area contributed by atoms with Crippen LogP contribution in [0.1, 0.15) is 34.7 Å². The SMILES string of the molecule is Cn1cc(-c2ccc3nc(NC(=O)c4cnc(C(F)(F)F)nc4)cn3n2)c(C2=CC=C(F)CC2)n1. The average molecular weight is 484 g/mol. The third-order valence-corrected chi connectivity index (χ3v) is 5.24. The lowest BCUT2D eigenvalue weighted by Crippen LogP contribution is -2.16. The van der Waals surface area contributed by atoms with Gasteiger partial charge in [0.15, 0.2) is 11.5 Å². The lowest BCUT2D eigenvalue weighted by molar-refractivity contribution is -0.145. The van der Waals surface area contributed by atoms with Crippen molar-refractivity contribution < 1.29 is 22.4 Å². The molecule has 9 nitrogen and oxygen atoms in total. The highest BCUT2D eigenvalue weighted by atomic mass is 19.4. The summed E-state index contributed by atoms with van der Waals surface area (Å²) < 4.78 is 54.4. The van der Waals surface area contributed by atoms with E-state index in [9.17, 15) is 22.4 Å². The van der Waals surface area contributed by atoms with Crippen molar-refractivity contribution in [3.63, 3.8) is 0 Å². The van der Waals surface area contributed by atoms with Gasteiger partial charge in [0.2, 0.25) is 5.82 Å². The van der Waals surface area contributed by atoms with Gasteiger partial charge in [-0.1, -0.05) is 6.08 Å². The van der Waals surface area contributed by atoms with Crippen LogP contribution in [0, 0.1) is 0 Å². The van der Waals surface area contributed by atoms with Gasteiger partial charge in [0.05, 0.1) is 23.1 Å². The van der Waals surface area contributed by atoms with Crippen LogP contribution in [0.4, 0.5) is 23.4 Å². The third kappa shape index (κ3) is 4.52. The number of nitrogens with zero attached hydrogens (tertiary/aromatic N) is 7. The van der Waals surface area contributed by atoms with E-state index in [-0.39, 0.29) is 17.2 Å². The largest absolute Gasteiger partial charge is 0.451 e. The minimum absolute atomic E-state index is 0.140. The average Bonchev–Trinajstić information content (AvgIpc) is 3.41. The van der Waals surface area contributed by atoms with Crippen molar-refractivity contribution in [2.24, 2.45) is 7.05 Å². The second-order valence-electron chi connectivity index (χ2n) is 7.77. The number of allylic oxidation sites excluding steroid dienone is 4. The molecule has 0 atom stereocenters. The van der Waals surface area contributed by atoms with Gasteiger partial charge in [0.1, 0.15) is 5.83 Å².